The van der Waals surface area contributed by atoms with Gasteiger partial charge in [0.2, 0.25) is 0 Å². The largest absolute Gasteiger partial charge is 0.373 e. The predicted octanol–water partition coefficient (Wildman–Crippen LogP) is -0.0237. The van der Waals surface area contributed by atoms with Gasteiger partial charge in [-0.05, 0) is 20.8 Å². The van der Waals surface area contributed by atoms with E-state index in [4.69, 9.17) is 10.5 Å². The molecule has 7 nitrogen and oxygen atoms in total. The van der Waals surface area contributed by atoms with Crippen LogP contribution in [-0.4, -0.2) is 48.2 Å². The maximum atomic E-state index is 12.6. The molecule has 0 saturated carbocycles. The second-order valence-electron chi connectivity index (χ2n) is 5.28. The summed E-state index contributed by atoms with van der Waals surface area (Å²) < 4.78 is 32.1. The highest BCUT2D eigenvalue weighted by Crippen LogP contribution is 2.25. The minimum absolute atomic E-state index is 0.0326. The molecule has 0 radical (unpaired) electrons. The third-order valence-corrected chi connectivity index (χ3v) is 5.03. The third kappa shape index (κ3) is 2.66. The molecule has 8 heteroatoms. The highest BCUT2D eigenvalue weighted by molar-refractivity contribution is 7.89. The molecule has 0 aliphatic carbocycles. The zero-order valence-electron chi connectivity index (χ0n) is 11.4. The first-order chi connectivity index (χ1) is 8.78. The molecular formula is C11H20N4O3S. The number of hydrogen-bond donors (Lipinski definition) is 2. The summed E-state index contributed by atoms with van der Waals surface area (Å²) in [5, 5.41) is 6.63. The number of aromatic nitrogens is 2. The molecule has 2 heterocycles. The lowest BCUT2D eigenvalue weighted by atomic mass is 10.1. The van der Waals surface area contributed by atoms with Crippen LogP contribution >= 0.6 is 0 Å². The molecule has 0 aromatic carbocycles. The van der Waals surface area contributed by atoms with E-state index in [9.17, 15) is 8.42 Å². The standard InChI is InChI=1S/C11H20N4O3S/c1-8-9(6-12)10(14-13-8)19(16,17)15-4-5-18-11(2,3)7-15/h4-7,12H2,1-3H3,(H,13,14). The van der Waals surface area contributed by atoms with E-state index in [-0.39, 0.29) is 11.6 Å². The van der Waals surface area contributed by atoms with Crippen LogP contribution in [0.1, 0.15) is 25.1 Å². The minimum atomic E-state index is -3.62. The molecule has 3 N–H and O–H groups in total. The Morgan fingerprint density at radius 1 is 1.53 bits per heavy atom. The Hall–Kier alpha value is -0.960. The van der Waals surface area contributed by atoms with Crippen LogP contribution in [0.5, 0.6) is 0 Å². The zero-order chi connectivity index (χ0) is 14.3. The molecule has 1 aliphatic heterocycles. The van der Waals surface area contributed by atoms with Crippen molar-refractivity contribution in [3.63, 3.8) is 0 Å². The summed E-state index contributed by atoms with van der Waals surface area (Å²) >= 11 is 0. The van der Waals surface area contributed by atoms with Crippen LogP contribution in [0.4, 0.5) is 0 Å². The lowest BCUT2D eigenvalue weighted by Crippen LogP contribution is -2.50. The van der Waals surface area contributed by atoms with Gasteiger partial charge in [-0.1, -0.05) is 0 Å². The predicted molar refractivity (Wildman–Crippen MR) is 70.0 cm³/mol. The van der Waals surface area contributed by atoms with Crippen molar-refractivity contribution in [3.05, 3.63) is 11.3 Å². The Morgan fingerprint density at radius 2 is 2.21 bits per heavy atom. The molecule has 0 spiro atoms. The summed E-state index contributed by atoms with van der Waals surface area (Å²) in [6.07, 6.45) is 0. The second-order valence-corrected chi connectivity index (χ2v) is 7.14. The molecule has 1 aromatic heterocycles. The molecule has 1 aromatic rings. The molecule has 1 fully saturated rings. The number of hydrogen-bond acceptors (Lipinski definition) is 5. The van der Waals surface area contributed by atoms with E-state index in [2.05, 4.69) is 10.2 Å². The van der Waals surface area contributed by atoms with Crippen molar-refractivity contribution in [2.24, 2.45) is 5.73 Å². The fourth-order valence-corrected chi connectivity index (χ4v) is 3.93. The molecule has 1 aliphatic rings. The van der Waals surface area contributed by atoms with Crippen molar-refractivity contribution in [1.82, 2.24) is 14.5 Å². The van der Waals surface area contributed by atoms with Crippen molar-refractivity contribution in [1.29, 1.82) is 0 Å². The van der Waals surface area contributed by atoms with E-state index in [1.54, 1.807) is 6.92 Å². The van der Waals surface area contributed by atoms with Gasteiger partial charge in [-0.15, -0.1) is 0 Å². The number of nitrogens with one attached hydrogen (secondary N) is 1. The molecule has 2 rings (SSSR count). The number of nitrogens with two attached hydrogens (primary N) is 1. The first-order valence-electron chi connectivity index (χ1n) is 6.16. The van der Waals surface area contributed by atoms with Gasteiger partial charge in [0, 0.05) is 30.9 Å². The van der Waals surface area contributed by atoms with Crippen molar-refractivity contribution in [2.45, 2.75) is 37.9 Å². The molecule has 0 unspecified atom stereocenters. The average molecular weight is 288 g/mol. The SMILES string of the molecule is Cc1[nH]nc(S(=O)(=O)N2CCOC(C)(C)C2)c1CN. The van der Waals surface area contributed by atoms with Crippen LogP contribution in [0.15, 0.2) is 5.03 Å². The van der Waals surface area contributed by atoms with E-state index in [1.807, 2.05) is 13.8 Å². The minimum Gasteiger partial charge on any atom is -0.373 e. The lowest BCUT2D eigenvalue weighted by Gasteiger charge is -2.36. The second kappa shape index (κ2) is 4.86. The van der Waals surface area contributed by atoms with Gasteiger partial charge in [-0.25, -0.2) is 8.42 Å². The van der Waals surface area contributed by atoms with E-state index >= 15 is 0 Å². The maximum Gasteiger partial charge on any atom is 0.262 e. The smallest absolute Gasteiger partial charge is 0.262 e. The molecular weight excluding hydrogens is 268 g/mol. The van der Waals surface area contributed by atoms with Crippen LogP contribution < -0.4 is 5.73 Å². The van der Waals surface area contributed by atoms with Crippen LogP contribution in [-0.2, 0) is 21.3 Å². The monoisotopic (exact) mass is 288 g/mol. The van der Waals surface area contributed by atoms with E-state index < -0.39 is 15.6 Å². The number of morpholine rings is 1. The summed E-state index contributed by atoms with van der Waals surface area (Å²) in [5.41, 5.74) is 6.36. The first-order valence-corrected chi connectivity index (χ1v) is 7.60. The lowest BCUT2D eigenvalue weighted by molar-refractivity contribution is -0.0640. The van der Waals surface area contributed by atoms with Gasteiger partial charge in [-0.3, -0.25) is 5.10 Å². The van der Waals surface area contributed by atoms with Crippen LogP contribution in [0.3, 0.4) is 0 Å². The van der Waals surface area contributed by atoms with Crippen LogP contribution in [0, 0.1) is 6.92 Å². The molecule has 1 saturated heterocycles. The Kier molecular flexibility index (Phi) is 3.69. The highest BCUT2D eigenvalue weighted by atomic mass is 32.2. The van der Waals surface area contributed by atoms with Crippen molar-refractivity contribution in [2.75, 3.05) is 19.7 Å². The van der Waals surface area contributed by atoms with Crippen LogP contribution in [0.2, 0.25) is 0 Å². The Labute approximate surface area is 113 Å². The Morgan fingerprint density at radius 3 is 2.79 bits per heavy atom. The molecule has 0 amide bonds. The molecule has 0 bridgehead atoms. The molecule has 0 atom stereocenters. The zero-order valence-corrected chi connectivity index (χ0v) is 12.2. The van der Waals surface area contributed by atoms with Gasteiger partial charge in [0.05, 0.1) is 12.2 Å². The number of aryl methyl sites for hydroxylation is 1. The van der Waals surface area contributed by atoms with E-state index in [0.717, 1.165) is 0 Å². The van der Waals surface area contributed by atoms with Gasteiger partial charge in [-0.2, -0.15) is 9.40 Å². The Bertz CT molecular complexity index is 564. The third-order valence-electron chi connectivity index (χ3n) is 3.21. The summed E-state index contributed by atoms with van der Waals surface area (Å²) in [5.74, 6) is 0. The van der Waals surface area contributed by atoms with Gasteiger partial charge in [0.1, 0.15) is 0 Å². The summed E-state index contributed by atoms with van der Waals surface area (Å²) in [4.78, 5) is 0. The fourth-order valence-electron chi connectivity index (χ4n) is 2.18. The van der Waals surface area contributed by atoms with Gasteiger partial charge in [0.15, 0.2) is 5.03 Å². The summed E-state index contributed by atoms with van der Waals surface area (Å²) in [7, 11) is -3.62. The van der Waals surface area contributed by atoms with Crippen molar-refractivity contribution < 1.29 is 13.2 Å². The quantitative estimate of drug-likeness (QED) is 0.813. The highest BCUT2D eigenvalue weighted by Gasteiger charge is 2.37. The summed E-state index contributed by atoms with van der Waals surface area (Å²) in [6.45, 7) is 6.67. The Balaban J connectivity index is 2.37. The number of nitrogens with zero attached hydrogens (tertiary/aromatic N) is 2. The number of ether oxygens (including phenoxy) is 1. The van der Waals surface area contributed by atoms with E-state index in [1.165, 1.54) is 4.31 Å². The van der Waals surface area contributed by atoms with Gasteiger partial charge >= 0.3 is 0 Å². The molecule has 19 heavy (non-hydrogen) atoms. The van der Waals surface area contributed by atoms with Crippen molar-refractivity contribution in [3.8, 4) is 0 Å². The summed E-state index contributed by atoms with van der Waals surface area (Å²) in [6, 6.07) is 0. The number of aromatic amines is 1. The number of sulfonamides is 1. The van der Waals surface area contributed by atoms with Crippen LogP contribution in [0.25, 0.3) is 0 Å². The van der Waals surface area contributed by atoms with Crippen molar-refractivity contribution >= 4 is 10.0 Å². The normalized spacial score (nSPS) is 20.6. The average Bonchev–Trinajstić information content (AvgIpc) is 2.69. The maximum absolute atomic E-state index is 12.6. The molecule has 108 valence electrons. The topological polar surface area (TPSA) is 101 Å². The number of rotatable bonds is 3. The van der Waals surface area contributed by atoms with E-state index in [0.29, 0.717) is 31.0 Å². The van der Waals surface area contributed by atoms with Gasteiger partial charge < -0.3 is 10.5 Å². The fraction of sp³-hybridized carbons (Fsp3) is 0.727. The number of H-pyrrole nitrogens is 1. The van der Waals surface area contributed by atoms with Gasteiger partial charge in [0.25, 0.3) is 10.0 Å². The first kappa shape index (κ1) is 14.4.